The van der Waals surface area contributed by atoms with E-state index in [1.807, 2.05) is 30.3 Å². The highest BCUT2D eigenvalue weighted by Gasteiger charge is 2.08. The van der Waals surface area contributed by atoms with Crippen molar-refractivity contribution in [3.05, 3.63) is 134 Å². The lowest BCUT2D eigenvalue weighted by molar-refractivity contribution is 1.15. The summed E-state index contributed by atoms with van der Waals surface area (Å²) in [4.78, 5) is 17.7. The highest BCUT2D eigenvalue weighted by molar-refractivity contribution is 14.1. The van der Waals surface area contributed by atoms with Crippen LogP contribution in [-0.4, -0.2) is 19.9 Å². The van der Waals surface area contributed by atoms with E-state index in [4.69, 9.17) is 10.7 Å². The molecule has 12 heteroatoms. The van der Waals surface area contributed by atoms with Crippen molar-refractivity contribution in [1.82, 2.24) is 19.9 Å². The van der Waals surface area contributed by atoms with E-state index in [1.165, 1.54) is 20.5 Å². The molecule has 3 N–H and O–H groups in total. The first-order chi connectivity index (χ1) is 20.1. The van der Waals surface area contributed by atoms with Gasteiger partial charge in [-0.1, -0.05) is 60.7 Å². The molecule has 0 radical (unpaired) electrons. The van der Waals surface area contributed by atoms with Gasteiger partial charge in [-0.2, -0.15) is 0 Å². The second kappa shape index (κ2) is 16.9. The molecule has 3 heterocycles. The number of nitrogens with one attached hydrogen (secondary N) is 1. The van der Waals surface area contributed by atoms with Gasteiger partial charge < -0.3 is 11.1 Å². The third kappa shape index (κ3) is 9.23. The molecule has 7 rings (SSSR count). The first-order valence-corrected chi connectivity index (χ1v) is 15.6. The molecule has 7 aromatic rings. The van der Waals surface area contributed by atoms with Crippen molar-refractivity contribution in [2.45, 2.75) is 12.8 Å². The van der Waals surface area contributed by atoms with Crippen molar-refractivity contribution < 1.29 is 0 Å². The Bertz CT molecular complexity index is 1920. The van der Waals surface area contributed by atoms with E-state index < -0.39 is 0 Å². The van der Waals surface area contributed by atoms with Crippen LogP contribution < -0.4 is 11.1 Å². The molecule has 0 fully saturated rings. The average molecular weight is 794 g/mol. The van der Waals surface area contributed by atoms with E-state index in [9.17, 15) is 0 Å². The molecule has 0 unspecified atom stereocenters. The van der Waals surface area contributed by atoms with Crippen LogP contribution in [0.15, 0.2) is 110 Å². The van der Waals surface area contributed by atoms with Crippen molar-refractivity contribution in [1.29, 1.82) is 0 Å². The van der Waals surface area contributed by atoms with Gasteiger partial charge in [-0.3, -0.25) is 0 Å². The Hall–Kier alpha value is -3.06. The van der Waals surface area contributed by atoms with E-state index in [-0.39, 0.29) is 37.2 Å². The van der Waals surface area contributed by atoms with E-state index in [0.29, 0.717) is 0 Å². The predicted molar refractivity (Wildman–Crippen MR) is 202 cm³/mol. The zero-order valence-corrected chi connectivity index (χ0v) is 29.3. The number of hydrogen-bond acceptors (Lipinski definition) is 8. The van der Waals surface area contributed by atoms with Gasteiger partial charge in [-0.05, 0) is 70.1 Å². The van der Waals surface area contributed by atoms with Crippen LogP contribution in [0.25, 0.3) is 20.4 Å². The number of halogens is 4. The summed E-state index contributed by atoms with van der Waals surface area (Å²) < 4.78 is 3.38. The van der Waals surface area contributed by atoms with Crippen molar-refractivity contribution in [3.8, 4) is 0 Å². The van der Waals surface area contributed by atoms with Gasteiger partial charge in [0.05, 0.1) is 34.0 Å². The number of nitrogens with zero attached hydrogens (tertiary/aromatic N) is 4. The number of aromatic nitrogens is 4. The Morgan fingerprint density at radius 3 is 1.80 bits per heavy atom. The van der Waals surface area contributed by atoms with Gasteiger partial charge in [0, 0.05) is 30.4 Å². The molecule has 0 aliphatic carbocycles. The number of thiazole rings is 2. The van der Waals surface area contributed by atoms with E-state index in [2.05, 4.69) is 110 Å². The van der Waals surface area contributed by atoms with Crippen LogP contribution in [0.4, 0.5) is 17.2 Å². The fourth-order valence-corrected chi connectivity index (χ4v) is 6.68. The van der Waals surface area contributed by atoms with E-state index in [0.717, 1.165) is 54.7 Å². The lowest BCUT2D eigenvalue weighted by atomic mass is 10.2. The van der Waals surface area contributed by atoms with Crippen LogP contribution in [0.5, 0.6) is 0 Å². The van der Waals surface area contributed by atoms with Gasteiger partial charge in [0.25, 0.3) is 0 Å². The fourth-order valence-electron chi connectivity index (χ4n) is 4.28. The smallest absolute Gasteiger partial charge is 0.147 e. The maximum Gasteiger partial charge on any atom is 0.147 e. The lowest BCUT2D eigenvalue weighted by Crippen LogP contribution is -1.96. The summed E-state index contributed by atoms with van der Waals surface area (Å²) in [6.45, 7) is 0. The molecular weight excluding hydrogens is 766 g/mol. The van der Waals surface area contributed by atoms with Crippen molar-refractivity contribution >= 4 is 120 Å². The minimum atomic E-state index is 0. The monoisotopic (exact) mass is 792 g/mol. The number of nitrogens with two attached hydrogens (primary N) is 1. The summed E-state index contributed by atoms with van der Waals surface area (Å²) in [5.74, 6) is 0.810. The molecule has 6 nitrogen and oxygen atoms in total. The molecule has 226 valence electrons. The van der Waals surface area contributed by atoms with Gasteiger partial charge in [0.15, 0.2) is 0 Å². The van der Waals surface area contributed by atoms with Crippen molar-refractivity contribution in [3.63, 3.8) is 0 Å². The molecule has 0 atom stereocenters. The summed E-state index contributed by atoms with van der Waals surface area (Å²) in [5.41, 5.74) is 12.1. The van der Waals surface area contributed by atoms with Gasteiger partial charge >= 0.3 is 0 Å². The van der Waals surface area contributed by atoms with Gasteiger partial charge in [-0.25, -0.2) is 19.9 Å². The van der Waals surface area contributed by atoms with Gasteiger partial charge in [0.2, 0.25) is 0 Å². The predicted octanol–water partition coefficient (Wildman–Crippen LogP) is 9.76. The first-order valence-electron chi connectivity index (χ1n) is 12.9. The summed E-state index contributed by atoms with van der Waals surface area (Å²) in [5, 5.41) is 5.59. The molecule has 0 amide bonds. The molecule has 0 aliphatic rings. The Kier molecular flexibility index (Phi) is 13.6. The molecule has 0 saturated heterocycles. The number of anilines is 3. The molecule has 0 spiro atoms. The Morgan fingerprint density at radius 2 is 1.23 bits per heavy atom. The second-order valence-corrected chi connectivity index (χ2v) is 12.7. The number of rotatable bonds is 6. The summed E-state index contributed by atoms with van der Waals surface area (Å²) in [6.07, 6.45) is 5.09. The zero-order valence-electron chi connectivity index (χ0n) is 23.1. The first kappa shape index (κ1) is 35.4. The SMILES string of the molecule is Cl.Cl.Cl.Ic1cncnc1Nc1ccc2sc(Cc3ccccc3)nc2c1.Nc1ccc2sc(Cc3ccccc3)nc2c1. The highest BCUT2D eigenvalue weighted by atomic mass is 127. The minimum Gasteiger partial charge on any atom is -0.399 e. The molecular formula is C32H28Cl3IN6S2. The maximum absolute atomic E-state index is 5.75. The highest BCUT2D eigenvalue weighted by Crippen LogP contribution is 2.28. The Labute approximate surface area is 296 Å². The van der Waals surface area contributed by atoms with Crippen molar-refractivity contribution in [2.75, 3.05) is 11.1 Å². The summed E-state index contributed by atoms with van der Waals surface area (Å²) in [6, 6.07) is 33.0. The number of benzene rings is 4. The molecule has 0 bridgehead atoms. The van der Waals surface area contributed by atoms with Crippen LogP contribution in [0.1, 0.15) is 21.1 Å². The third-order valence-corrected chi connectivity index (χ3v) is 9.08. The lowest BCUT2D eigenvalue weighted by Gasteiger charge is -2.06. The van der Waals surface area contributed by atoms with Crippen LogP contribution in [-0.2, 0) is 12.8 Å². The quantitative estimate of drug-likeness (QED) is 0.129. The third-order valence-electron chi connectivity index (χ3n) is 6.21. The molecule has 0 aliphatic heterocycles. The summed E-state index contributed by atoms with van der Waals surface area (Å²) in [7, 11) is 0. The van der Waals surface area contributed by atoms with Crippen molar-refractivity contribution in [2.24, 2.45) is 0 Å². The molecule has 4 aromatic carbocycles. The largest absolute Gasteiger partial charge is 0.399 e. The fraction of sp³-hybridized carbons (Fsp3) is 0.0625. The van der Waals surface area contributed by atoms with E-state index in [1.54, 1.807) is 35.2 Å². The average Bonchev–Trinajstić information content (AvgIpc) is 3.58. The van der Waals surface area contributed by atoms with Crippen LogP contribution >= 0.6 is 82.5 Å². The van der Waals surface area contributed by atoms with Crippen LogP contribution in [0.3, 0.4) is 0 Å². The number of nitrogen functional groups attached to an aromatic ring is 1. The summed E-state index contributed by atoms with van der Waals surface area (Å²) >= 11 is 5.70. The van der Waals surface area contributed by atoms with Gasteiger partial charge in [-0.15, -0.1) is 59.9 Å². The van der Waals surface area contributed by atoms with E-state index >= 15 is 0 Å². The standard InChI is InChI=1S/C18H13IN4S.C14H12N2S.3ClH/c19-14-10-20-11-21-18(14)22-13-6-7-16-15(9-13)23-17(24-16)8-12-4-2-1-3-5-12;15-11-6-7-13-12(9-11)16-14(17-13)8-10-4-2-1-3-5-10;;;/h1-7,9-11H,8H2,(H,20,21,22);1-7,9H,8,15H2;3*1H. The Balaban J connectivity index is 0.000000236. The second-order valence-electron chi connectivity index (χ2n) is 9.29. The Morgan fingerprint density at radius 1 is 0.682 bits per heavy atom. The minimum absolute atomic E-state index is 0. The number of fused-ring (bicyclic) bond motifs is 2. The number of hydrogen-bond donors (Lipinski definition) is 2. The van der Waals surface area contributed by atoms with Gasteiger partial charge in [0.1, 0.15) is 12.1 Å². The topological polar surface area (TPSA) is 89.6 Å². The molecule has 3 aromatic heterocycles. The maximum atomic E-state index is 5.75. The van der Waals surface area contributed by atoms with Crippen LogP contribution in [0.2, 0.25) is 0 Å². The zero-order chi connectivity index (χ0) is 28.0. The normalized spacial score (nSPS) is 10.1. The van der Waals surface area contributed by atoms with Crippen LogP contribution in [0, 0.1) is 3.57 Å². The molecule has 0 saturated carbocycles. The molecule has 44 heavy (non-hydrogen) atoms.